The number of hydrogen-bond acceptors (Lipinski definition) is 6. The first-order valence-corrected chi connectivity index (χ1v) is 14.2. The van der Waals surface area contributed by atoms with Gasteiger partial charge in [0.15, 0.2) is 5.84 Å². The molecule has 3 aromatic carbocycles. The van der Waals surface area contributed by atoms with Gasteiger partial charge in [0.25, 0.3) is 5.91 Å². The molecule has 3 heterocycles. The van der Waals surface area contributed by atoms with Gasteiger partial charge in [-0.15, -0.1) is 0 Å². The van der Waals surface area contributed by atoms with E-state index < -0.39 is 5.91 Å². The molecule has 41 heavy (non-hydrogen) atoms. The molecule has 0 radical (unpaired) electrons. The Kier molecular flexibility index (Phi) is 7.43. The van der Waals surface area contributed by atoms with Crippen molar-refractivity contribution < 1.29 is 14.3 Å². The van der Waals surface area contributed by atoms with E-state index in [0.717, 1.165) is 52.2 Å². The normalized spacial score (nSPS) is 15.8. The number of hydrazone groups is 1. The quantitative estimate of drug-likeness (QED) is 0.187. The summed E-state index contributed by atoms with van der Waals surface area (Å²) in [5.74, 6) is 1.14. The number of carbonyl (C=O) groups excluding carboxylic acids is 1. The number of carbonyl (C=O) groups is 1. The van der Waals surface area contributed by atoms with Crippen molar-refractivity contribution in [3.8, 4) is 11.5 Å². The molecule has 0 spiro atoms. The molecule has 0 unspecified atom stereocenters. The predicted octanol–water partition coefficient (Wildman–Crippen LogP) is 6.43. The van der Waals surface area contributed by atoms with E-state index in [4.69, 9.17) is 14.9 Å². The second-order valence-electron chi connectivity index (χ2n) is 9.80. The Morgan fingerprint density at radius 1 is 0.951 bits per heavy atom. The van der Waals surface area contributed by atoms with Crippen LogP contribution in [-0.2, 0) is 11.3 Å². The number of amides is 1. The van der Waals surface area contributed by atoms with Crippen molar-refractivity contribution in [1.29, 1.82) is 5.41 Å². The Labute approximate surface area is 242 Å². The van der Waals surface area contributed by atoms with Gasteiger partial charge < -0.3 is 14.0 Å². The standard InChI is InChI=1S/C32H29N5O3S/c1-21-14-15-28-26(18-21)25(22(2)36(28)16-9-17-39-23-10-5-3-6-11-23)19-27-30(33)37-32(34-31(27)38)41-29(35-37)20-40-24-12-7-4-8-13-24/h3-8,10-15,18-19,33H,9,16-17,20H2,1-2H3/b27-19+,33-30?. The first-order chi connectivity index (χ1) is 20.0. The van der Waals surface area contributed by atoms with Crippen LogP contribution >= 0.6 is 11.8 Å². The number of amidine groups is 2. The molecule has 0 aliphatic carbocycles. The van der Waals surface area contributed by atoms with Crippen molar-refractivity contribution in [1.82, 2.24) is 9.58 Å². The first-order valence-electron chi connectivity index (χ1n) is 13.4. The fourth-order valence-electron chi connectivity index (χ4n) is 4.92. The lowest BCUT2D eigenvalue weighted by Crippen LogP contribution is -2.35. The number of nitrogens with zero attached hydrogens (tertiary/aromatic N) is 4. The van der Waals surface area contributed by atoms with Crippen LogP contribution in [0.3, 0.4) is 0 Å². The molecule has 0 fully saturated rings. The van der Waals surface area contributed by atoms with Crippen LogP contribution in [0.15, 0.2) is 94.5 Å². The zero-order chi connectivity index (χ0) is 28.3. The first kappa shape index (κ1) is 26.6. The number of para-hydroxylation sites is 2. The molecular weight excluding hydrogens is 534 g/mol. The van der Waals surface area contributed by atoms with Crippen LogP contribution in [0, 0.1) is 19.3 Å². The molecule has 1 aromatic heterocycles. The maximum absolute atomic E-state index is 13.2. The highest BCUT2D eigenvalue weighted by Gasteiger charge is 2.36. The predicted molar refractivity (Wildman–Crippen MR) is 165 cm³/mol. The van der Waals surface area contributed by atoms with Crippen LogP contribution in [0.5, 0.6) is 11.5 Å². The largest absolute Gasteiger partial charge is 0.494 e. The van der Waals surface area contributed by atoms with Crippen molar-refractivity contribution >= 4 is 50.7 Å². The summed E-state index contributed by atoms with van der Waals surface area (Å²) in [6.07, 6.45) is 2.61. The molecule has 2 aliphatic heterocycles. The highest BCUT2D eigenvalue weighted by molar-refractivity contribution is 8.27. The fraction of sp³-hybridized carbons (Fsp3) is 0.188. The van der Waals surface area contributed by atoms with Crippen LogP contribution in [-0.4, -0.2) is 44.7 Å². The lowest BCUT2D eigenvalue weighted by atomic mass is 10.0. The second-order valence-corrected chi connectivity index (χ2v) is 10.8. The van der Waals surface area contributed by atoms with E-state index in [1.54, 1.807) is 6.08 Å². The number of aliphatic imine (C=N–C) groups is 1. The zero-order valence-corrected chi connectivity index (χ0v) is 23.6. The lowest BCUT2D eigenvalue weighted by Gasteiger charge is -2.20. The van der Waals surface area contributed by atoms with Gasteiger partial charge in [-0.25, -0.2) is 0 Å². The number of rotatable bonds is 9. The van der Waals surface area contributed by atoms with Crippen LogP contribution < -0.4 is 9.47 Å². The molecule has 206 valence electrons. The van der Waals surface area contributed by atoms with Crippen LogP contribution in [0.25, 0.3) is 17.0 Å². The van der Waals surface area contributed by atoms with Gasteiger partial charge in [-0.3, -0.25) is 10.2 Å². The summed E-state index contributed by atoms with van der Waals surface area (Å²) in [7, 11) is 0. The Morgan fingerprint density at radius 2 is 1.66 bits per heavy atom. The number of thioether (sulfide) groups is 1. The molecule has 0 atom stereocenters. The summed E-state index contributed by atoms with van der Waals surface area (Å²) >= 11 is 1.25. The summed E-state index contributed by atoms with van der Waals surface area (Å²) < 4.78 is 14.0. The van der Waals surface area contributed by atoms with E-state index in [9.17, 15) is 4.79 Å². The number of benzene rings is 3. The molecule has 6 rings (SSSR count). The van der Waals surface area contributed by atoms with Gasteiger partial charge in [-0.2, -0.15) is 15.1 Å². The number of ether oxygens (including phenoxy) is 2. The van der Waals surface area contributed by atoms with E-state index in [-0.39, 0.29) is 18.0 Å². The summed E-state index contributed by atoms with van der Waals surface area (Å²) in [6.45, 7) is 5.68. The SMILES string of the molecule is Cc1ccc2c(c1)c(/C=C1\C(=N)N3N=C(COc4ccccc4)SC3=NC1=O)c(C)n2CCCOc1ccccc1. The van der Waals surface area contributed by atoms with Crippen molar-refractivity contribution in [2.45, 2.75) is 26.8 Å². The van der Waals surface area contributed by atoms with Gasteiger partial charge in [0, 0.05) is 28.7 Å². The topological polar surface area (TPSA) is 92.3 Å². The molecule has 1 amide bonds. The van der Waals surface area contributed by atoms with E-state index >= 15 is 0 Å². The monoisotopic (exact) mass is 563 g/mol. The van der Waals surface area contributed by atoms with Gasteiger partial charge in [0.2, 0.25) is 5.17 Å². The Morgan fingerprint density at radius 3 is 2.39 bits per heavy atom. The lowest BCUT2D eigenvalue weighted by molar-refractivity contribution is -0.114. The van der Waals surface area contributed by atoms with Crippen molar-refractivity contribution in [3.05, 3.63) is 101 Å². The fourth-order valence-corrected chi connectivity index (χ4v) is 5.72. The number of fused-ring (bicyclic) bond motifs is 2. The average Bonchev–Trinajstić information content (AvgIpc) is 3.51. The molecule has 9 heteroatoms. The minimum Gasteiger partial charge on any atom is -0.494 e. The van der Waals surface area contributed by atoms with Gasteiger partial charge in [0.05, 0.1) is 12.2 Å². The van der Waals surface area contributed by atoms with E-state index in [2.05, 4.69) is 39.8 Å². The van der Waals surface area contributed by atoms with Crippen LogP contribution in [0.1, 0.15) is 23.2 Å². The maximum Gasteiger partial charge on any atom is 0.283 e. The Hall–Kier alpha value is -4.63. The average molecular weight is 564 g/mol. The summed E-state index contributed by atoms with van der Waals surface area (Å²) in [5.41, 5.74) is 4.33. The van der Waals surface area contributed by atoms with E-state index in [0.29, 0.717) is 16.8 Å². The zero-order valence-electron chi connectivity index (χ0n) is 22.8. The van der Waals surface area contributed by atoms with Crippen molar-refractivity contribution in [2.24, 2.45) is 10.1 Å². The Balaban J connectivity index is 1.25. The molecule has 2 aliphatic rings. The number of hydrogen-bond donors (Lipinski definition) is 1. The van der Waals surface area contributed by atoms with Gasteiger partial charge in [-0.05, 0) is 74.5 Å². The molecule has 4 aromatic rings. The van der Waals surface area contributed by atoms with Crippen molar-refractivity contribution in [3.63, 3.8) is 0 Å². The minimum absolute atomic E-state index is 0.00595. The van der Waals surface area contributed by atoms with Gasteiger partial charge >= 0.3 is 0 Å². The molecule has 0 bridgehead atoms. The van der Waals surface area contributed by atoms with E-state index in [1.807, 2.05) is 67.6 Å². The maximum atomic E-state index is 13.2. The third kappa shape index (κ3) is 5.53. The summed E-state index contributed by atoms with van der Waals surface area (Å²) in [6, 6.07) is 25.6. The number of aromatic nitrogens is 1. The summed E-state index contributed by atoms with van der Waals surface area (Å²) in [5, 5.41) is 16.8. The van der Waals surface area contributed by atoms with Crippen molar-refractivity contribution in [2.75, 3.05) is 13.2 Å². The minimum atomic E-state index is -0.446. The second kappa shape index (κ2) is 11.5. The molecule has 0 saturated heterocycles. The van der Waals surface area contributed by atoms with Crippen LogP contribution in [0.2, 0.25) is 0 Å². The van der Waals surface area contributed by atoms with E-state index in [1.165, 1.54) is 16.8 Å². The number of nitrogens with one attached hydrogen (secondary N) is 1. The van der Waals surface area contributed by atoms with Gasteiger partial charge in [-0.1, -0.05) is 48.0 Å². The Bertz CT molecular complexity index is 1720. The van der Waals surface area contributed by atoms with Crippen LogP contribution in [0.4, 0.5) is 0 Å². The third-order valence-electron chi connectivity index (χ3n) is 6.96. The molecule has 8 nitrogen and oxygen atoms in total. The number of aryl methyl sites for hydroxylation is 2. The molecule has 0 saturated carbocycles. The molecular formula is C32H29N5O3S. The third-order valence-corrected chi connectivity index (χ3v) is 7.84. The molecule has 1 N–H and O–H groups in total. The van der Waals surface area contributed by atoms with Gasteiger partial charge in [0.1, 0.15) is 23.1 Å². The highest BCUT2D eigenvalue weighted by Crippen LogP contribution is 2.33. The summed E-state index contributed by atoms with van der Waals surface area (Å²) in [4.78, 5) is 17.4. The highest BCUT2D eigenvalue weighted by atomic mass is 32.2. The smallest absolute Gasteiger partial charge is 0.283 e.